The van der Waals surface area contributed by atoms with Gasteiger partial charge in [0.15, 0.2) is 0 Å². The number of fused-ring (bicyclic) bond motifs is 1. The van der Waals surface area contributed by atoms with E-state index in [1.54, 1.807) is 16.3 Å². The van der Waals surface area contributed by atoms with Gasteiger partial charge in [-0.15, -0.1) is 11.3 Å². The van der Waals surface area contributed by atoms with E-state index >= 15 is 0 Å². The molecular weight excluding hydrogens is 352 g/mol. The Labute approximate surface area is 146 Å². The number of thiophene rings is 1. The van der Waals surface area contributed by atoms with Gasteiger partial charge in [-0.25, -0.2) is 0 Å². The minimum Gasteiger partial charge on any atom is -0.307 e. The van der Waals surface area contributed by atoms with Crippen LogP contribution < -0.4 is 4.90 Å². The van der Waals surface area contributed by atoms with Crippen molar-refractivity contribution in [2.45, 2.75) is 6.42 Å². The van der Waals surface area contributed by atoms with Gasteiger partial charge < -0.3 is 4.90 Å². The second kappa shape index (κ2) is 6.54. The summed E-state index contributed by atoms with van der Waals surface area (Å²) in [5.41, 5.74) is 1.36. The quantitative estimate of drug-likeness (QED) is 0.471. The van der Waals surface area contributed by atoms with Crippen LogP contribution in [0.1, 0.15) is 21.7 Å². The van der Waals surface area contributed by atoms with Crippen molar-refractivity contribution < 1.29 is 14.5 Å². The van der Waals surface area contributed by atoms with Crippen molar-refractivity contribution in [1.82, 2.24) is 0 Å². The zero-order valence-electron chi connectivity index (χ0n) is 12.3. The molecule has 0 N–H and O–H groups in total. The van der Waals surface area contributed by atoms with E-state index in [0.29, 0.717) is 46.0 Å². The molecule has 3 rings (SSSR count). The Morgan fingerprint density at radius 3 is 2.62 bits per heavy atom. The number of halogens is 1. The third-order valence-corrected chi connectivity index (χ3v) is 5.20. The van der Waals surface area contributed by atoms with Gasteiger partial charge in [0.05, 0.1) is 20.5 Å². The molecule has 0 spiro atoms. The molecule has 0 saturated carbocycles. The smallest absolute Gasteiger partial charge is 0.269 e. The topological polar surface area (TPSA) is 80.5 Å². The van der Waals surface area contributed by atoms with Gasteiger partial charge in [-0.1, -0.05) is 11.6 Å². The van der Waals surface area contributed by atoms with E-state index in [-0.39, 0.29) is 11.6 Å². The molecule has 1 aliphatic heterocycles. The Balaban J connectivity index is 1.96. The number of amides is 1. The van der Waals surface area contributed by atoms with Crippen molar-refractivity contribution in [3.63, 3.8) is 0 Å². The average molecular weight is 363 g/mol. The van der Waals surface area contributed by atoms with Crippen LogP contribution in [0.3, 0.4) is 0 Å². The zero-order chi connectivity index (χ0) is 17.3. The van der Waals surface area contributed by atoms with Crippen LogP contribution >= 0.6 is 22.9 Å². The van der Waals surface area contributed by atoms with E-state index in [1.807, 2.05) is 0 Å². The van der Waals surface area contributed by atoms with Gasteiger partial charge in [-0.2, -0.15) is 0 Å². The third kappa shape index (κ3) is 2.83. The first-order valence-electron chi connectivity index (χ1n) is 7.01. The van der Waals surface area contributed by atoms with Crippen LogP contribution in [0.4, 0.5) is 11.4 Å². The fourth-order valence-corrected chi connectivity index (χ4v) is 3.73. The molecule has 8 heteroatoms. The fraction of sp³-hybridized carbons (Fsp3) is 0.125. The Bertz CT molecular complexity index is 857. The molecule has 0 saturated heterocycles. The number of anilines is 1. The molecular formula is C16H11ClN2O4S. The number of carbonyl (C=O) groups excluding carboxylic acids is 2. The van der Waals surface area contributed by atoms with Gasteiger partial charge in [-0.3, -0.25) is 19.7 Å². The van der Waals surface area contributed by atoms with Crippen LogP contribution in [0, 0.1) is 10.1 Å². The number of benzene rings is 1. The molecule has 0 atom stereocenters. The van der Waals surface area contributed by atoms with E-state index in [1.165, 1.54) is 35.6 Å². The van der Waals surface area contributed by atoms with E-state index in [9.17, 15) is 19.7 Å². The third-order valence-electron chi connectivity index (χ3n) is 3.73. The molecule has 6 nitrogen and oxygen atoms in total. The molecule has 0 aliphatic carbocycles. The molecule has 2 aromatic rings. The summed E-state index contributed by atoms with van der Waals surface area (Å²) >= 11 is 7.63. The van der Waals surface area contributed by atoms with Crippen molar-refractivity contribution in [3.8, 4) is 0 Å². The SMILES string of the molecule is O=CC1=C(Cl)c2sccc2N(C(=O)c2ccc([N+](=O)[O-])cc2)CC1. The lowest BCUT2D eigenvalue weighted by Crippen LogP contribution is -2.31. The highest BCUT2D eigenvalue weighted by Crippen LogP contribution is 2.40. The molecule has 0 radical (unpaired) electrons. The maximum Gasteiger partial charge on any atom is 0.269 e. The van der Waals surface area contributed by atoms with Crippen LogP contribution in [0.25, 0.3) is 5.03 Å². The van der Waals surface area contributed by atoms with Gasteiger partial charge in [0.1, 0.15) is 6.29 Å². The van der Waals surface area contributed by atoms with Crippen molar-refractivity contribution in [2.24, 2.45) is 0 Å². The summed E-state index contributed by atoms with van der Waals surface area (Å²) in [6.45, 7) is 0.309. The summed E-state index contributed by atoms with van der Waals surface area (Å²) in [6.07, 6.45) is 1.06. The van der Waals surface area contributed by atoms with Crippen molar-refractivity contribution in [2.75, 3.05) is 11.4 Å². The minimum absolute atomic E-state index is 0.0772. The van der Waals surface area contributed by atoms with Crippen LogP contribution in [-0.4, -0.2) is 23.7 Å². The lowest BCUT2D eigenvalue weighted by Gasteiger charge is -2.21. The highest BCUT2D eigenvalue weighted by molar-refractivity contribution is 7.12. The molecule has 122 valence electrons. The molecule has 0 fully saturated rings. The standard InChI is InChI=1S/C16H11ClN2O4S/c17-14-11(9-20)5-7-18(13-6-8-24-15(13)14)16(21)10-1-3-12(4-2-10)19(22)23/h1-4,6,8-9H,5,7H2. The first kappa shape index (κ1) is 16.4. The molecule has 24 heavy (non-hydrogen) atoms. The lowest BCUT2D eigenvalue weighted by molar-refractivity contribution is -0.384. The minimum atomic E-state index is -0.517. The molecule has 0 bridgehead atoms. The number of nitro groups is 1. The summed E-state index contributed by atoms with van der Waals surface area (Å²) < 4.78 is 0. The number of nitrogens with zero attached hydrogens (tertiary/aromatic N) is 2. The number of hydrogen-bond acceptors (Lipinski definition) is 5. The summed E-state index contributed by atoms with van der Waals surface area (Å²) in [5, 5.41) is 12.9. The van der Waals surface area contributed by atoms with Crippen LogP contribution in [-0.2, 0) is 4.79 Å². The number of non-ortho nitro benzene ring substituents is 1. The molecule has 1 aliphatic rings. The summed E-state index contributed by atoms with van der Waals surface area (Å²) in [4.78, 5) is 36.4. The second-order valence-corrected chi connectivity index (χ2v) is 6.40. The lowest BCUT2D eigenvalue weighted by atomic mass is 10.1. The number of rotatable bonds is 3. The molecule has 1 aromatic carbocycles. The Morgan fingerprint density at radius 1 is 1.29 bits per heavy atom. The van der Waals surface area contributed by atoms with Gasteiger partial charge in [0, 0.05) is 29.8 Å². The van der Waals surface area contributed by atoms with Crippen molar-refractivity contribution >= 4 is 51.5 Å². The highest BCUT2D eigenvalue weighted by atomic mass is 35.5. The maximum atomic E-state index is 12.8. The average Bonchev–Trinajstić information content (AvgIpc) is 3.02. The van der Waals surface area contributed by atoms with E-state index < -0.39 is 4.92 Å². The van der Waals surface area contributed by atoms with Gasteiger partial charge in [0.2, 0.25) is 0 Å². The van der Waals surface area contributed by atoms with Gasteiger partial charge >= 0.3 is 0 Å². The Kier molecular flexibility index (Phi) is 4.46. The van der Waals surface area contributed by atoms with Gasteiger partial charge in [0.25, 0.3) is 11.6 Å². The van der Waals surface area contributed by atoms with Crippen molar-refractivity contribution in [3.05, 3.63) is 61.8 Å². The van der Waals surface area contributed by atoms with Crippen LogP contribution in [0.15, 0.2) is 41.3 Å². The monoisotopic (exact) mass is 362 g/mol. The van der Waals surface area contributed by atoms with Crippen LogP contribution in [0.5, 0.6) is 0 Å². The summed E-state index contributed by atoms with van der Waals surface area (Å²) in [7, 11) is 0. The summed E-state index contributed by atoms with van der Waals surface area (Å²) in [6, 6.07) is 7.21. The number of aldehydes is 1. The maximum absolute atomic E-state index is 12.8. The number of nitro benzene ring substituents is 1. The predicted molar refractivity (Wildman–Crippen MR) is 92.5 cm³/mol. The number of carbonyl (C=O) groups is 2. The van der Waals surface area contributed by atoms with Crippen molar-refractivity contribution in [1.29, 1.82) is 0 Å². The molecule has 1 aromatic heterocycles. The fourth-order valence-electron chi connectivity index (χ4n) is 2.49. The largest absolute Gasteiger partial charge is 0.307 e. The second-order valence-electron chi connectivity index (χ2n) is 5.10. The van der Waals surface area contributed by atoms with Crippen LogP contribution in [0.2, 0.25) is 0 Å². The first-order chi connectivity index (χ1) is 11.5. The first-order valence-corrected chi connectivity index (χ1v) is 8.26. The Hall–Kier alpha value is -2.51. The highest BCUT2D eigenvalue weighted by Gasteiger charge is 2.27. The van der Waals surface area contributed by atoms with E-state index in [4.69, 9.17) is 11.6 Å². The zero-order valence-corrected chi connectivity index (χ0v) is 13.8. The normalized spacial score (nSPS) is 14.1. The predicted octanol–water partition coefficient (Wildman–Crippen LogP) is 3.86. The molecule has 1 amide bonds. The molecule has 2 heterocycles. The molecule has 0 unspecified atom stereocenters. The Morgan fingerprint density at radius 2 is 2.00 bits per heavy atom. The van der Waals surface area contributed by atoms with Gasteiger partial charge in [-0.05, 0) is 30.0 Å². The van der Waals surface area contributed by atoms with E-state index in [2.05, 4.69) is 0 Å². The van der Waals surface area contributed by atoms with E-state index in [0.717, 1.165) is 0 Å². The summed E-state index contributed by atoms with van der Waals surface area (Å²) in [5.74, 6) is -0.291. The number of hydrogen-bond donors (Lipinski definition) is 0.